The summed E-state index contributed by atoms with van der Waals surface area (Å²) in [5.74, 6) is -2.82. The molecule has 0 aromatic heterocycles. The lowest BCUT2D eigenvalue weighted by Crippen LogP contribution is -2.41. The maximum absolute atomic E-state index is 13.6. The van der Waals surface area contributed by atoms with Crippen molar-refractivity contribution in [1.82, 2.24) is 0 Å². The van der Waals surface area contributed by atoms with Gasteiger partial charge in [-0.1, -0.05) is 6.92 Å². The Hall–Kier alpha value is -3.92. The second-order valence-corrected chi connectivity index (χ2v) is 6.93. The minimum atomic E-state index is -5.14. The summed E-state index contributed by atoms with van der Waals surface area (Å²) in [6.45, 7) is 0.756. The molecule has 1 unspecified atom stereocenters. The Labute approximate surface area is 197 Å². The Balaban J connectivity index is 2.19. The normalized spacial score (nSPS) is 16.0. The molecule has 0 N–H and O–H groups in total. The average molecular weight is 533 g/mol. The number of benzene rings is 1. The number of hydrogen-bond donors (Lipinski definition) is 0. The highest BCUT2D eigenvalue weighted by molar-refractivity contribution is 5.96. The van der Waals surface area contributed by atoms with Crippen LogP contribution in [0.4, 0.5) is 31.1 Å². The molecule has 0 aliphatic carbocycles. The summed E-state index contributed by atoms with van der Waals surface area (Å²) in [6.07, 6.45) is -15.1. The van der Waals surface area contributed by atoms with E-state index in [4.69, 9.17) is 4.74 Å². The Kier molecular flexibility index (Phi) is 8.82. The summed E-state index contributed by atoms with van der Waals surface area (Å²) < 4.78 is 101. The van der Waals surface area contributed by atoms with E-state index in [9.17, 15) is 46.0 Å². The maximum Gasteiger partial charge on any atom is 0.573 e. The molecule has 0 fully saturated rings. The Bertz CT molecular complexity index is 1020. The minimum Gasteiger partial charge on any atom is -0.475 e. The summed E-state index contributed by atoms with van der Waals surface area (Å²) >= 11 is 0. The number of hydrogen-bond acceptors (Lipinski definition) is 10. The number of rotatable bonds is 9. The van der Waals surface area contributed by atoms with Crippen LogP contribution in [-0.2, 0) is 30.3 Å². The molecule has 11 nitrogen and oxygen atoms in total. The SMILES string of the molecule is CCc1cc(OC(F)(F)F)cc2c1O[C@H](C(F)(F)F)C(C(=O)OCOC(=O)OC(C)CO[N+](=O)[O-])=C2. The highest BCUT2D eigenvalue weighted by atomic mass is 19.4. The molecule has 1 aliphatic rings. The van der Waals surface area contributed by atoms with Crippen molar-refractivity contribution in [3.05, 3.63) is 38.9 Å². The van der Waals surface area contributed by atoms with Crippen molar-refractivity contribution in [1.29, 1.82) is 0 Å². The van der Waals surface area contributed by atoms with Crippen LogP contribution in [0.25, 0.3) is 6.08 Å². The van der Waals surface area contributed by atoms with Crippen LogP contribution in [0, 0.1) is 10.1 Å². The number of ether oxygens (including phenoxy) is 5. The highest BCUT2D eigenvalue weighted by Crippen LogP contribution is 2.42. The molecule has 1 aromatic carbocycles. The summed E-state index contributed by atoms with van der Waals surface area (Å²) in [6, 6.07) is 1.58. The van der Waals surface area contributed by atoms with Gasteiger partial charge in [-0.25, -0.2) is 9.59 Å². The lowest BCUT2D eigenvalue weighted by molar-refractivity contribution is -0.759. The number of halogens is 6. The molecule has 0 amide bonds. The van der Waals surface area contributed by atoms with Gasteiger partial charge in [-0.2, -0.15) is 13.2 Å². The van der Waals surface area contributed by atoms with Gasteiger partial charge in [0, 0.05) is 5.56 Å². The Morgan fingerprint density at radius 1 is 1.17 bits per heavy atom. The van der Waals surface area contributed by atoms with E-state index in [1.165, 1.54) is 13.8 Å². The van der Waals surface area contributed by atoms with Gasteiger partial charge in [-0.15, -0.1) is 23.3 Å². The van der Waals surface area contributed by atoms with Gasteiger partial charge in [0.05, 0.1) is 5.57 Å². The number of carbonyl (C=O) groups is 2. The van der Waals surface area contributed by atoms with Crippen molar-refractivity contribution in [2.24, 2.45) is 0 Å². The Morgan fingerprint density at radius 3 is 2.39 bits per heavy atom. The fraction of sp³-hybridized carbons (Fsp3) is 0.474. The monoisotopic (exact) mass is 533 g/mol. The Morgan fingerprint density at radius 2 is 1.83 bits per heavy atom. The second-order valence-electron chi connectivity index (χ2n) is 6.93. The van der Waals surface area contributed by atoms with Gasteiger partial charge in [0.15, 0.2) is 0 Å². The van der Waals surface area contributed by atoms with Crippen molar-refractivity contribution >= 4 is 18.2 Å². The predicted molar refractivity (Wildman–Crippen MR) is 102 cm³/mol. The largest absolute Gasteiger partial charge is 0.573 e. The number of carbonyl (C=O) groups excluding carboxylic acids is 2. The predicted octanol–water partition coefficient (Wildman–Crippen LogP) is 4.11. The summed E-state index contributed by atoms with van der Waals surface area (Å²) in [4.78, 5) is 37.8. The van der Waals surface area contributed by atoms with E-state index in [0.717, 1.165) is 12.1 Å². The van der Waals surface area contributed by atoms with Crippen LogP contribution in [0.2, 0.25) is 0 Å². The average Bonchev–Trinajstić information content (AvgIpc) is 2.74. The first kappa shape index (κ1) is 28.3. The number of aryl methyl sites for hydroxylation is 1. The lowest BCUT2D eigenvalue weighted by atomic mass is 9.97. The third kappa shape index (κ3) is 8.09. The molecule has 200 valence electrons. The van der Waals surface area contributed by atoms with E-state index in [2.05, 4.69) is 23.8 Å². The molecular formula is C19H17F6NO10. The molecular weight excluding hydrogens is 516 g/mol. The van der Waals surface area contributed by atoms with Crippen molar-refractivity contribution in [3.8, 4) is 11.5 Å². The maximum atomic E-state index is 13.6. The zero-order valence-corrected chi connectivity index (χ0v) is 18.3. The van der Waals surface area contributed by atoms with Crippen LogP contribution >= 0.6 is 0 Å². The van der Waals surface area contributed by atoms with Gasteiger partial charge in [0.1, 0.15) is 24.2 Å². The summed E-state index contributed by atoms with van der Waals surface area (Å²) in [7, 11) is 0. The van der Waals surface area contributed by atoms with E-state index in [-0.39, 0.29) is 17.5 Å². The molecule has 0 saturated carbocycles. The van der Waals surface area contributed by atoms with Crippen molar-refractivity contribution in [2.75, 3.05) is 13.4 Å². The van der Waals surface area contributed by atoms with Crippen molar-refractivity contribution in [2.45, 2.75) is 45.0 Å². The molecule has 1 aliphatic heterocycles. The van der Waals surface area contributed by atoms with Crippen LogP contribution in [0.15, 0.2) is 17.7 Å². The first-order chi connectivity index (χ1) is 16.6. The fourth-order valence-electron chi connectivity index (χ4n) is 2.84. The quantitative estimate of drug-likeness (QED) is 0.150. The van der Waals surface area contributed by atoms with Gasteiger partial charge in [0.25, 0.3) is 5.09 Å². The molecule has 17 heteroatoms. The number of nitrogens with zero attached hydrogens (tertiary/aromatic N) is 1. The summed E-state index contributed by atoms with van der Waals surface area (Å²) in [5, 5.41) is 8.93. The molecule has 0 radical (unpaired) electrons. The number of esters is 1. The van der Waals surface area contributed by atoms with Gasteiger partial charge in [-0.05, 0) is 37.1 Å². The van der Waals surface area contributed by atoms with E-state index in [1.54, 1.807) is 0 Å². The molecule has 0 saturated heterocycles. The van der Waals surface area contributed by atoms with Crippen LogP contribution in [0.5, 0.6) is 11.5 Å². The molecule has 2 rings (SSSR count). The van der Waals surface area contributed by atoms with E-state index >= 15 is 0 Å². The van der Waals surface area contributed by atoms with E-state index < -0.39 is 72.4 Å². The minimum absolute atomic E-state index is 0.0311. The smallest absolute Gasteiger partial charge is 0.475 e. The molecule has 1 heterocycles. The zero-order valence-electron chi connectivity index (χ0n) is 18.3. The third-order valence-electron chi connectivity index (χ3n) is 4.22. The molecule has 36 heavy (non-hydrogen) atoms. The van der Waals surface area contributed by atoms with Gasteiger partial charge >= 0.3 is 24.7 Å². The molecule has 0 bridgehead atoms. The topological polar surface area (TPSA) is 133 Å². The third-order valence-corrected chi connectivity index (χ3v) is 4.22. The van der Waals surface area contributed by atoms with Crippen LogP contribution in [0.3, 0.4) is 0 Å². The van der Waals surface area contributed by atoms with Crippen LogP contribution < -0.4 is 9.47 Å². The zero-order chi connectivity index (χ0) is 27.3. The van der Waals surface area contributed by atoms with Crippen molar-refractivity contribution in [3.63, 3.8) is 0 Å². The van der Waals surface area contributed by atoms with E-state index in [0.29, 0.717) is 6.08 Å². The fourth-order valence-corrected chi connectivity index (χ4v) is 2.84. The lowest BCUT2D eigenvalue weighted by Gasteiger charge is -2.29. The van der Waals surface area contributed by atoms with Crippen LogP contribution in [0.1, 0.15) is 25.0 Å². The molecule has 0 spiro atoms. The van der Waals surface area contributed by atoms with Gasteiger partial charge < -0.3 is 28.5 Å². The first-order valence-electron chi connectivity index (χ1n) is 9.76. The standard InChI is InChI=1S/C19H17F6NO10/c1-3-10-4-12(36-19(23,24)25)5-11-6-13(15(18(20,21)22)35-14(10)11)16(27)31-8-32-17(28)34-9(2)7-33-26(29)30/h4-6,9,15H,3,7-8H2,1-2H3/t9?,15-/m0/s1. The molecule has 1 aromatic rings. The van der Waals surface area contributed by atoms with Gasteiger partial charge in [-0.3, -0.25) is 0 Å². The van der Waals surface area contributed by atoms with E-state index in [1.807, 2.05) is 0 Å². The van der Waals surface area contributed by atoms with Crippen molar-refractivity contribution < 1.29 is 69.5 Å². The highest BCUT2D eigenvalue weighted by Gasteiger charge is 2.49. The number of fused-ring (bicyclic) bond motifs is 1. The van der Waals surface area contributed by atoms with Gasteiger partial charge in [0.2, 0.25) is 12.9 Å². The molecule has 2 atom stereocenters. The summed E-state index contributed by atoms with van der Waals surface area (Å²) in [5.41, 5.74) is -1.52. The first-order valence-corrected chi connectivity index (χ1v) is 9.76. The van der Waals surface area contributed by atoms with Crippen LogP contribution in [-0.4, -0.2) is 55.4 Å². The number of alkyl halides is 6. The second kappa shape index (κ2) is 11.2.